The zero-order valence-electron chi connectivity index (χ0n) is 11.0. The Balaban J connectivity index is 1.89. The van der Waals surface area contributed by atoms with Crippen molar-refractivity contribution >= 4 is 27.5 Å². The van der Waals surface area contributed by atoms with E-state index < -0.39 is 0 Å². The number of halogens is 1. The number of hydrogen-bond donors (Lipinski definition) is 1. The molecular weight excluding hydrogens is 306 g/mol. The van der Waals surface area contributed by atoms with E-state index in [0.29, 0.717) is 10.2 Å². The lowest BCUT2D eigenvalue weighted by Gasteiger charge is -2.31. The van der Waals surface area contributed by atoms with Gasteiger partial charge in [-0.15, -0.1) is 0 Å². The topological polar surface area (TPSA) is 38.3 Å². The number of nitrogens with one attached hydrogen (secondary N) is 1. The average Bonchev–Trinajstić information content (AvgIpc) is 2.85. The third-order valence-corrected chi connectivity index (χ3v) is 5.92. The van der Waals surface area contributed by atoms with Crippen LogP contribution in [0.1, 0.15) is 43.0 Å². The van der Waals surface area contributed by atoms with Crippen molar-refractivity contribution in [2.45, 2.75) is 37.4 Å². The van der Waals surface area contributed by atoms with Gasteiger partial charge in [0.1, 0.15) is 5.75 Å². The second-order valence-corrected chi connectivity index (χ2v) is 6.73. The fraction of sp³-hybridized carbons (Fsp3) is 0.533. The van der Waals surface area contributed by atoms with E-state index in [-0.39, 0.29) is 12.5 Å². The minimum absolute atomic E-state index is 0.0807. The van der Waals surface area contributed by atoms with Gasteiger partial charge >= 0.3 is 0 Å². The lowest BCUT2D eigenvalue weighted by molar-refractivity contribution is -0.118. The summed E-state index contributed by atoms with van der Waals surface area (Å²) in [4.78, 5) is 11.7. The Morgan fingerprint density at radius 2 is 2.11 bits per heavy atom. The molecule has 0 spiro atoms. The summed E-state index contributed by atoms with van der Waals surface area (Å²) < 4.78 is 5.39. The number of amides is 1. The molecule has 19 heavy (non-hydrogen) atoms. The molecule has 2 aliphatic rings. The van der Waals surface area contributed by atoms with Crippen LogP contribution in [-0.2, 0) is 4.79 Å². The minimum Gasteiger partial charge on any atom is -0.482 e. The van der Waals surface area contributed by atoms with Crippen molar-refractivity contribution in [3.05, 3.63) is 23.8 Å². The molecule has 4 heteroatoms. The first-order chi connectivity index (χ1) is 9.08. The SMILES string of the molecule is CC1(C(Br)c2ccc3c(c2)NC(=O)CO3)CCCC1. The van der Waals surface area contributed by atoms with E-state index in [9.17, 15) is 4.79 Å². The Kier molecular flexibility index (Phi) is 3.29. The van der Waals surface area contributed by atoms with E-state index in [4.69, 9.17) is 4.74 Å². The first-order valence-corrected chi connectivity index (χ1v) is 7.71. The van der Waals surface area contributed by atoms with Gasteiger partial charge in [-0.1, -0.05) is 41.8 Å². The van der Waals surface area contributed by atoms with Gasteiger partial charge in [-0.05, 0) is 36.0 Å². The Morgan fingerprint density at radius 1 is 1.37 bits per heavy atom. The molecule has 1 saturated carbocycles. The van der Waals surface area contributed by atoms with E-state index in [1.54, 1.807) is 0 Å². The second-order valence-electron chi connectivity index (χ2n) is 5.82. The maximum Gasteiger partial charge on any atom is 0.262 e. The highest BCUT2D eigenvalue weighted by Crippen LogP contribution is 2.52. The lowest BCUT2D eigenvalue weighted by atomic mass is 9.82. The van der Waals surface area contributed by atoms with Crippen LogP contribution in [-0.4, -0.2) is 12.5 Å². The number of fused-ring (bicyclic) bond motifs is 1. The van der Waals surface area contributed by atoms with Crippen LogP contribution in [0.15, 0.2) is 18.2 Å². The van der Waals surface area contributed by atoms with Gasteiger partial charge in [-0.25, -0.2) is 0 Å². The van der Waals surface area contributed by atoms with Crippen molar-refractivity contribution in [2.24, 2.45) is 5.41 Å². The molecule has 102 valence electrons. The van der Waals surface area contributed by atoms with Crippen molar-refractivity contribution < 1.29 is 9.53 Å². The Hall–Kier alpha value is -1.03. The number of ether oxygens (including phenoxy) is 1. The number of alkyl halides is 1. The molecule has 1 aliphatic heterocycles. The van der Waals surface area contributed by atoms with E-state index in [0.717, 1.165) is 11.4 Å². The molecule has 3 nitrogen and oxygen atoms in total. The van der Waals surface area contributed by atoms with Crippen LogP contribution in [0.4, 0.5) is 5.69 Å². The number of carbonyl (C=O) groups excluding carboxylic acids is 1. The summed E-state index contributed by atoms with van der Waals surface area (Å²) in [5.74, 6) is 0.683. The van der Waals surface area contributed by atoms with Crippen LogP contribution < -0.4 is 10.1 Å². The zero-order valence-corrected chi connectivity index (χ0v) is 12.6. The first-order valence-electron chi connectivity index (χ1n) is 6.79. The van der Waals surface area contributed by atoms with Crippen LogP contribution in [0.2, 0.25) is 0 Å². The monoisotopic (exact) mass is 323 g/mol. The van der Waals surface area contributed by atoms with Crippen molar-refractivity contribution in [1.82, 2.24) is 0 Å². The molecule has 3 rings (SSSR count). The summed E-state index contributed by atoms with van der Waals surface area (Å²) in [6.07, 6.45) is 5.12. The van der Waals surface area contributed by atoms with Gasteiger partial charge in [0, 0.05) is 4.83 Å². The quantitative estimate of drug-likeness (QED) is 0.834. The predicted octanol–water partition coefficient (Wildman–Crippen LogP) is 4.03. The number of rotatable bonds is 2. The molecular formula is C15H18BrNO2. The Labute approximate surface area is 121 Å². The van der Waals surface area contributed by atoms with Gasteiger partial charge < -0.3 is 10.1 Å². The van der Waals surface area contributed by atoms with Crippen LogP contribution >= 0.6 is 15.9 Å². The highest BCUT2D eigenvalue weighted by molar-refractivity contribution is 9.09. The van der Waals surface area contributed by atoms with Crippen LogP contribution in [0.25, 0.3) is 0 Å². The molecule has 1 heterocycles. The summed E-state index contributed by atoms with van der Waals surface area (Å²) in [6, 6.07) is 6.09. The summed E-state index contributed by atoms with van der Waals surface area (Å²) in [5, 5.41) is 2.87. The average molecular weight is 324 g/mol. The van der Waals surface area contributed by atoms with Gasteiger partial charge in [0.25, 0.3) is 5.91 Å². The molecule has 1 amide bonds. The molecule has 1 aromatic carbocycles. The molecule has 0 radical (unpaired) electrons. The van der Waals surface area contributed by atoms with Gasteiger partial charge in [0.05, 0.1) is 5.69 Å². The van der Waals surface area contributed by atoms with Crippen molar-refractivity contribution in [1.29, 1.82) is 0 Å². The fourth-order valence-electron chi connectivity index (χ4n) is 3.10. The summed E-state index contributed by atoms with van der Waals surface area (Å²) in [6.45, 7) is 2.45. The third kappa shape index (κ3) is 2.38. The highest BCUT2D eigenvalue weighted by Gasteiger charge is 2.36. The number of benzene rings is 1. The van der Waals surface area contributed by atoms with E-state index >= 15 is 0 Å². The third-order valence-electron chi connectivity index (χ3n) is 4.29. The van der Waals surface area contributed by atoms with Crippen molar-refractivity contribution in [3.63, 3.8) is 0 Å². The van der Waals surface area contributed by atoms with Crippen molar-refractivity contribution in [2.75, 3.05) is 11.9 Å². The molecule has 0 bridgehead atoms. The summed E-state index contributed by atoms with van der Waals surface area (Å²) in [7, 11) is 0. The van der Waals surface area contributed by atoms with Crippen LogP contribution in [0.3, 0.4) is 0 Å². The standard InChI is InChI=1S/C15H18BrNO2/c1-15(6-2-3-7-15)14(16)10-4-5-12-11(8-10)17-13(18)9-19-12/h4-5,8,14H,2-3,6-7,9H2,1H3,(H,17,18). The Bertz CT molecular complexity index is 509. The first kappa shape index (κ1) is 13.0. The number of anilines is 1. The van der Waals surface area contributed by atoms with E-state index in [2.05, 4.69) is 34.2 Å². The van der Waals surface area contributed by atoms with E-state index in [1.807, 2.05) is 12.1 Å². The molecule has 1 fully saturated rings. The maximum absolute atomic E-state index is 11.4. The molecule has 0 aromatic heterocycles. The fourth-order valence-corrected chi connectivity index (χ4v) is 3.84. The molecule has 1 N–H and O–H groups in total. The molecule has 1 aromatic rings. The normalized spacial score (nSPS) is 22.3. The van der Waals surface area contributed by atoms with Crippen LogP contribution in [0.5, 0.6) is 5.75 Å². The minimum atomic E-state index is -0.0807. The second kappa shape index (κ2) is 4.82. The van der Waals surface area contributed by atoms with Gasteiger partial charge in [0.15, 0.2) is 6.61 Å². The lowest BCUT2D eigenvalue weighted by Crippen LogP contribution is -2.25. The smallest absolute Gasteiger partial charge is 0.262 e. The largest absolute Gasteiger partial charge is 0.482 e. The zero-order chi connectivity index (χ0) is 13.5. The van der Waals surface area contributed by atoms with Crippen LogP contribution in [0, 0.1) is 5.41 Å². The molecule has 1 atom stereocenters. The van der Waals surface area contributed by atoms with Gasteiger partial charge in [0.2, 0.25) is 0 Å². The summed E-state index contributed by atoms with van der Waals surface area (Å²) in [5.41, 5.74) is 2.32. The number of hydrogen-bond acceptors (Lipinski definition) is 2. The van der Waals surface area contributed by atoms with Gasteiger partial charge in [-0.2, -0.15) is 0 Å². The Morgan fingerprint density at radius 3 is 2.84 bits per heavy atom. The predicted molar refractivity (Wildman–Crippen MR) is 78.8 cm³/mol. The highest BCUT2D eigenvalue weighted by atomic mass is 79.9. The summed E-state index contributed by atoms with van der Waals surface area (Å²) >= 11 is 3.86. The van der Waals surface area contributed by atoms with Crippen molar-refractivity contribution in [3.8, 4) is 5.75 Å². The molecule has 1 unspecified atom stereocenters. The molecule has 1 aliphatic carbocycles. The maximum atomic E-state index is 11.4. The number of carbonyl (C=O) groups is 1. The molecule has 0 saturated heterocycles. The van der Waals surface area contributed by atoms with Gasteiger partial charge in [-0.3, -0.25) is 4.79 Å². The van der Waals surface area contributed by atoms with E-state index in [1.165, 1.54) is 31.2 Å².